The molecule has 0 saturated carbocycles. The maximum atomic E-state index is 5.26. The van der Waals surface area contributed by atoms with Gasteiger partial charge >= 0.3 is 0 Å². The highest BCUT2D eigenvalue weighted by atomic mass is 28.3. The van der Waals surface area contributed by atoms with Gasteiger partial charge in [-0.25, -0.2) is 4.98 Å². The van der Waals surface area contributed by atoms with Crippen LogP contribution in [0.4, 0.5) is 0 Å². The minimum absolute atomic E-state index is 0.952. The van der Waals surface area contributed by atoms with Gasteiger partial charge in [-0.3, -0.25) is 0 Å². The molecule has 0 aliphatic carbocycles. The maximum absolute atomic E-state index is 5.26. The van der Waals surface area contributed by atoms with Crippen molar-refractivity contribution in [3.63, 3.8) is 0 Å². The van der Waals surface area contributed by atoms with Crippen LogP contribution in [-0.4, -0.2) is 13.1 Å². The minimum atomic E-state index is -1.66. The molecule has 0 amide bonds. The summed E-state index contributed by atoms with van der Waals surface area (Å²) < 4.78 is 0. The molecule has 0 saturated heterocycles. The summed E-state index contributed by atoms with van der Waals surface area (Å²) in [5.74, 6) is 0. The molecule has 0 unspecified atom stereocenters. The van der Waals surface area contributed by atoms with Crippen molar-refractivity contribution in [1.29, 1.82) is 0 Å². The maximum Gasteiger partial charge on any atom is 0.113 e. The van der Waals surface area contributed by atoms with E-state index in [1.54, 1.807) is 10.4 Å². The van der Waals surface area contributed by atoms with Gasteiger partial charge in [0.1, 0.15) is 8.07 Å². The molecule has 0 atom stereocenters. The van der Waals surface area contributed by atoms with Crippen molar-refractivity contribution in [3.05, 3.63) is 212 Å². The number of hydrogen-bond donors (Lipinski definition) is 0. The average molecular weight is 744 g/mol. The van der Waals surface area contributed by atoms with Gasteiger partial charge in [0, 0.05) is 11.1 Å². The molecular formula is C55H41NSi. The lowest BCUT2D eigenvalue weighted by molar-refractivity contribution is 1.32. The predicted octanol–water partition coefficient (Wildman–Crippen LogP) is 13.6. The van der Waals surface area contributed by atoms with E-state index in [0.29, 0.717) is 0 Å². The van der Waals surface area contributed by atoms with Gasteiger partial charge in [0.25, 0.3) is 0 Å². The highest BCUT2D eigenvalue weighted by Gasteiger charge is 2.37. The zero-order valence-electron chi connectivity index (χ0n) is 32.2. The lowest BCUT2D eigenvalue weighted by Crippen LogP contribution is -2.49. The van der Waals surface area contributed by atoms with Gasteiger partial charge in [0.05, 0.1) is 11.4 Å². The third-order valence-corrected chi connectivity index (χ3v) is 15.3. The largest absolute Gasteiger partial charge is 0.248 e. The monoisotopic (exact) mass is 743 g/mol. The Hall–Kier alpha value is -6.87. The van der Waals surface area contributed by atoms with E-state index in [0.717, 1.165) is 33.6 Å². The fraction of sp³-hybridized carbons (Fsp3) is 0.0364. The summed E-state index contributed by atoms with van der Waals surface area (Å²) >= 11 is 0. The van der Waals surface area contributed by atoms with Crippen molar-refractivity contribution in [2.75, 3.05) is 0 Å². The van der Waals surface area contributed by atoms with E-state index in [1.807, 2.05) is 0 Å². The number of nitrogens with zero attached hydrogens (tertiary/aromatic N) is 1. The van der Waals surface area contributed by atoms with Crippen LogP contribution in [0.15, 0.2) is 212 Å². The summed E-state index contributed by atoms with van der Waals surface area (Å²) in [5, 5.41) is 3.09. The fourth-order valence-electron chi connectivity index (χ4n) is 8.53. The number of benzene rings is 8. The van der Waals surface area contributed by atoms with Crippen LogP contribution >= 0.6 is 0 Å². The summed E-state index contributed by atoms with van der Waals surface area (Å²) in [6.07, 6.45) is 0. The van der Waals surface area contributed by atoms with Gasteiger partial charge < -0.3 is 0 Å². The van der Waals surface area contributed by atoms with E-state index in [1.165, 1.54) is 55.6 Å². The van der Waals surface area contributed by atoms with E-state index < -0.39 is 8.07 Å². The first-order valence-electron chi connectivity index (χ1n) is 19.8. The quantitative estimate of drug-likeness (QED) is 0.148. The van der Waals surface area contributed by atoms with Crippen LogP contribution in [0.25, 0.3) is 89.3 Å². The van der Waals surface area contributed by atoms with Crippen molar-refractivity contribution in [2.45, 2.75) is 13.1 Å². The molecule has 57 heavy (non-hydrogen) atoms. The summed E-state index contributed by atoms with van der Waals surface area (Å²) in [4.78, 5) is 5.26. The Morgan fingerprint density at radius 3 is 1.07 bits per heavy atom. The van der Waals surface area contributed by atoms with Gasteiger partial charge in [-0.2, -0.15) is 0 Å². The number of pyridine rings is 1. The zero-order chi connectivity index (χ0) is 38.3. The van der Waals surface area contributed by atoms with Gasteiger partial charge in [-0.15, -0.1) is 0 Å². The van der Waals surface area contributed by atoms with Crippen molar-refractivity contribution in [3.8, 4) is 89.3 Å². The highest BCUT2D eigenvalue weighted by Crippen LogP contribution is 2.35. The Morgan fingerprint density at radius 2 is 0.596 bits per heavy atom. The summed E-state index contributed by atoms with van der Waals surface area (Å²) in [7, 11) is -1.66. The standard InChI is InChI=1S/C55H41NSi/c1-57(2)54-16-10-9-15-50(54)51-35-48(33-34-55(51)57)44-21-17-42(18-22-44)43-27-31-47(32-28-43)53-37-49(45-23-19-40(20-24-45)38-11-5-3-6-12-38)36-52(56-53)46-29-25-41(26-30-46)39-13-7-4-8-14-39/h3-37H,1-2H3. The van der Waals surface area contributed by atoms with Gasteiger partial charge in [0.15, 0.2) is 0 Å². The first kappa shape index (κ1) is 34.6. The summed E-state index contributed by atoms with van der Waals surface area (Å²) in [6, 6.07) is 77.1. The molecule has 10 rings (SSSR count). The van der Waals surface area contributed by atoms with E-state index in [-0.39, 0.29) is 0 Å². The number of aromatic nitrogens is 1. The molecule has 0 fully saturated rings. The first-order chi connectivity index (χ1) is 28.0. The van der Waals surface area contributed by atoms with E-state index in [9.17, 15) is 0 Å². The highest BCUT2D eigenvalue weighted by molar-refractivity contribution is 7.03. The minimum Gasteiger partial charge on any atom is -0.248 e. The Bertz CT molecular complexity index is 2760. The lowest BCUT2D eigenvalue weighted by Gasteiger charge is -2.18. The van der Waals surface area contributed by atoms with Crippen LogP contribution in [0.2, 0.25) is 13.1 Å². The van der Waals surface area contributed by atoms with E-state index >= 15 is 0 Å². The van der Waals surface area contributed by atoms with Crippen LogP contribution in [-0.2, 0) is 0 Å². The van der Waals surface area contributed by atoms with Crippen molar-refractivity contribution < 1.29 is 0 Å². The van der Waals surface area contributed by atoms with Crippen LogP contribution in [0.1, 0.15) is 0 Å². The van der Waals surface area contributed by atoms with Crippen molar-refractivity contribution in [1.82, 2.24) is 4.98 Å². The van der Waals surface area contributed by atoms with Gasteiger partial charge in [-0.05, 0) is 95.3 Å². The molecular weight excluding hydrogens is 703 g/mol. The van der Waals surface area contributed by atoms with Crippen LogP contribution in [0, 0.1) is 0 Å². The molecule has 1 nitrogen and oxygen atoms in total. The van der Waals surface area contributed by atoms with Gasteiger partial charge in [0.2, 0.25) is 0 Å². The molecule has 9 aromatic rings. The molecule has 0 spiro atoms. The number of fused-ring (bicyclic) bond motifs is 3. The molecule has 2 heterocycles. The topological polar surface area (TPSA) is 12.9 Å². The second-order valence-corrected chi connectivity index (χ2v) is 19.9. The molecule has 8 aromatic carbocycles. The number of rotatable bonds is 7. The van der Waals surface area contributed by atoms with E-state index in [2.05, 4.69) is 225 Å². The third kappa shape index (κ3) is 6.54. The first-order valence-corrected chi connectivity index (χ1v) is 22.8. The Balaban J connectivity index is 0.959. The van der Waals surface area contributed by atoms with Crippen LogP contribution in [0.3, 0.4) is 0 Å². The SMILES string of the molecule is C[Si]1(C)c2ccccc2-c2cc(-c3ccc(-c4ccc(-c5cc(-c6ccc(-c7ccccc7)cc6)cc(-c6ccc(-c7ccccc7)cc6)n5)cc4)cc3)ccc21. The molecule has 0 bridgehead atoms. The number of hydrogen-bond acceptors (Lipinski definition) is 1. The van der Waals surface area contributed by atoms with Gasteiger partial charge in [-0.1, -0.05) is 207 Å². The lowest BCUT2D eigenvalue weighted by atomic mass is 9.95. The summed E-state index contributed by atoms with van der Waals surface area (Å²) in [6.45, 7) is 4.94. The Morgan fingerprint density at radius 1 is 0.263 bits per heavy atom. The second-order valence-electron chi connectivity index (χ2n) is 15.6. The fourth-order valence-corrected chi connectivity index (χ4v) is 11.6. The normalized spacial score (nSPS) is 12.5. The molecule has 1 aliphatic rings. The molecule has 2 heteroatoms. The third-order valence-electron chi connectivity index (χ3n) is 11.8. The van der Waals surface area contributed by atoms with Crippen LogP contribution < -0.4 is 10.4 Å². The van der Waals surface area contributed by atoms with Crippen molar-refractivity contribution in [2.24, 2.45) is 0 Å². The average Bonchev–Trinajstić information content (AvgIpc) is 3.52. The molecule has 0 radical (unpaired) electrons. The predicted molar refractivity (Wildman–Crippen MR) is 244 cm³/mol. The smallest absolute Gasteiger partial charge is 0.113 e. The van der Waals surface area contributed by atoms with Crippen LogP contribution in [0.5, 0.6) is 0 Å². The van der Waals surface area contributed by atoms with E-state index in [4.69, 9.17) is 4.98 Å². The molecule has 270 valence electrons. The molecule has 1 aliphatic heterocycles. The Labute approximate surface area is 336 Å². The van der Waals surface area contributed by atoms with Crippen molar-refractivity contribution >= 4 is 18.4 Å². The molecule has 1 aromatic heterocycles. The summed E-state index contributed by atoms with van der Waals surface area (Å²) in [5.41, 5.74) is 18.9. The zero-order valence-corrected chi connectivity index (χ0v) is 33.2. The second kappa shape index (κ2) is 14.3. The molecule has 0 N–H and O–H groups in total. The Kier molecular flexibility index (Phi) is 8.70.